The number of hydrogen-bond donors (Lipinski definition) is 4. The molecule has 27 heavy (non-hydrogen) atoms. The molecule has 0 saturated carbocycles. The van der Waals surface area contributed by atoms with Crippen LogP contribution in [0.25, 0.3) is 0 Å². The van der Waals surface area contributed by atoms with Crippen molar-refractivity contribution in [1.82, 2.24) is 15.4 Å². The molecule has 0 fully saturated rings. The first kappa shape index (κ1) is 17.9. The van der Waals surface area contributed by atoms with Crippen molar-refractivity contribution in [2.45, 2.75) is 0 Å². The van der Waals surface area contributed by atoms with Crippen molar-refractivity contribution in [1.29, 1.82) is 0 Å². The molecule has 0 aliphatic rings. The first-order valence-electron chi connectivity index (χ1n) is 7.91. The van der Waals surface area contributed by atoms with Crippen molar-refractivity contribution in [3.05, 3.63) is 66.2 Å². The Kier molecular flexibility index (Phi) is 5.31. The molecule has 0 saturated heterocycles. The molecule has 0 radical (unpaired) electrons. The lowest BCUT2D eigenvalue weighted by Crippen LogP contribution is -2.31. The fraction of sp³-hybridized carbons (Fsp3) is 0.0556. The summed E-state index contributed by atoms with van der Waals surface area (Å²) < 4.78 is 18.9. The van der Waals surface area contributed by atoms with Crippen LogP contribution in [0.3, 0.4) is 0 Å². The Bertz CT molecular complexity index is 966. The maximum Gasteiger partial charge on any atom is 0.272 e. The van der Waals surface area contributed by atoms with Gasteiger partial charge in [-0.15, -0.1) is 0 Å². The molecule has 8 nitrogen and oxygen atoms in total. The van der Waals surface area contributed by atoms with Crippen LogP contribution in [0.4, 0.5) is 27.4 Å². The lowest BCUT2D eigenvalue weighted by atomic mass is 10.2. The maximum atomic E-state index is 13.7. The van der Waals surface area contributed by atoms with Crippen LogP contribution >= 0.6 is 0 Å². The minimum absolute atomic E-state index is 0.106. The summed E-state index contributed by atoms with van der Waals surface area (Å²) in [6, 6.07) is 12.9. The van der Waals surface area contributed by atoms with Crippen molar-refractivity contribution >= 4 is 28.9 Å². The van der Waals surface area contributed by atoms with E-state index in [2.05, 4.69) is 26.1 Å². The highest BCUT2D eigenvalue weighted by atomic mass is 19.1. The zero-order valence-corrected chi connectivity index (χ0v) is 14.4. The highest BCUT2D eigenvalue weighted by molar-refractivity contribution is 5.95. The number of anilines is 4. The number of nitrogen functional groups attached to an aromatic ring is 1. The maximum absolute atomic E-state index is 13.7. The number of amides is 1. The van der Waals surface area contributed by atoms with Crippen molar-refractivity contribution in [2.24, 2.45) is 0 Å². The molecule has 1 heterocycles. The quantitative estimate of drug-likeness (QED) is 0.495. The number of nitrogens with one attached hydrogen (secondary N) is 3. The summed E-state index contributed by atoms with van der Waals surface area (Å²) in [7, 11) is 1.55. The number of hydrazine groups is 1. The number of halogens is 1. The molecular weight excluding hydrogens is 351 g/mol. The highest BCUT2D eigenvalue weighted by Gasteiger charge is 2.13. The Morgan fingerprint density at radius 1 is 1.07 bits per heavy atom. The number of ether oxygens (including phenoxy) is 1. The van der Waals surface area contributed by atoms with E-state index in [1.165, 1.54) is 24.5 Å². The smallest absolute Gasteiger partial charge is 0.272 e. The molecule has 138 valence electrons. The zero-order chi connectivity index (χ0) is 19.2. The number of aromatic nitrogens is 2. The average molecular weight is 368 g/mol. The SMILES string of the molecule is COc1ccccc1Nc1ncnc(NNC(=O)c2ccccc2F)c1N. The van der Waals surface area contributed by atoms with E-state index in [0.717, 1.165) is 0 Å². The van der Waals surface area contributed by atoms with Gasteiger partial charge in [0.25, 0.3) is 5.91 Å². The van der Waals surface area contributed by atoms with Crippen molar-refractivity contribution in [3.63, 3.8) is 0 Å². The molecular formula is C18H17FN6O2. The third kappa shape index (κ3) is 4.03. The summed E-state index contributed by atoms with van der Waals surface area (Å²) in [5.41, 5.74) is 11.7. The number of carbonyl (C=O) groups excluding carboxylic acids is 1. The molecule has 0 bridgehead atoms. The van der Waals surface area contributed by atoms with Crippen molar-refractivity contribution in [3.8, 4) is 5.75 Å². The Morgan fingerprint density at radius 2 is 1.78 bits per heavy atom. The van der Waals surface area contributed by atoms with Gasteiger partial charge in [0, 0.05) is 0 Å². The summed E-state index contributed by atoms with van der Waals surface area (Å²) in [6.07, 6.45) is 1.27. The Hall–Kier alpha value is -3.88. The third-order valence-corrected chi connectivity index (χ3v) is 3.66. The summed E-state index contributed by atoms with van der Waals surface area (Å²) >= 11 is 0. The molecule has 3 aromatic rings. The van der Waals surface area contributed by atoms with Gasteiger partial charge >= 0.3 is 0 Å². The topological polar surface area (TPSA) is 114 Å². The number of nitrogens with two attached hydrogens (primary N) is 1. The van der Waals surface area contributed by atoms with Gasteiger partial charge in [0.1, 0.15) is 23.6 Å². The third-order valence-electron chi connectivity index (χ3n) is 3.66. The van der Waals surface area contributed by atoms with Crippen LogP contribution < -0.4 is 26.6 Å². The molecule has 0 unspecified atom stereocenters. The van der Waals surface area contributed by atoms with Crippen LogP contribution in [-0.2, 0) is 0 Å². The molecule has 2 aromatic carbocycles. The first-order chi connectivity index (χ1) is 13.1. The van der Waals surface area contributed by atoms with Crippen LogP contribution in [-0.4, -0.2) is 23.0 Å². The van der Waals surface area contributed by atoms with Crippen LogP contribution in [0.15, 0.2) is 54.9 Å². The Labute approximate surface area is 154 Å². The molecule has 0 aliphatic heterocycles. The number of para-hydroxylation sites is 2. The molecule has 1 aromatic heterocycles. The van der Waals surface area contributed by atoms with Crippen LogP contribution in [0.1, 0.15) is 10.4 Å². The van der Waals surface area contributed by atoms with E-state index in [9.17, 15) is 9.18 Å². The first-order valence-corrected chi connectivity index (χ1v) is 7.91. The fourth-order valence-electron chi connectivity index (χ4n) is 2.30. The standard InChI is InChI=1S/C18H17FN6O2/c1-27-14-9-5-4-8-13(14)23-16-15(20)17(22-10-21-16)24-25-18(26)11-6-2-3-7-12(11)19/h2-10H,20H2,1H3,(H,25,26)(H2,21,22,23,24). The number of rotatable bonds is 6. The predicted octanol–water partition coefficient (Wildman–Crippen LogP) is 2.71. The van der Waals surface area contributed by atoms with Gasteiger partial charge in [-0.05, 0) is 24.3 Å². The predicted molar refractivity (Wildman–Crippen MR) is 100 cm³/mol. The van der Waals surface area contributed by atoms with Gasteiger partial charge in [0.2, 0.25) is 0 Å². The second-order valence-corrected chi connectivity index (χ2v) is 5.37. The van der Waals surface area contributed by atoms with Crippen molar-refractivity contribution < 1.29 is 13.9 Å². The summed E-state index contributed by atoms with van der Waals surface area (Å²) in [5.74, 6) is -0.210. The molecule has 0 spiro atoms. The van der Waals surface area contributed by atoms with Crippen molar-refractivity contribution in [2.75, 3.05) is 23.6 Å². The van der Waals surface area contributed by atoms with Gasteiger partial charge in [-0.1, -0.05) is 24.3 Å². The monoisotopic (exact) mass is 368 g/mol. The minimum atomic E-state index is -0.662. The molecule has 5 N–H and O–H groups in total. The Balaban J connectivity index is 1.75. The number of methoxy groups -OCH3 is 1. The molecule has 0 aliphatic carbocycles. The van der Waals surface area contributed by atoms with Crippen LogP contribution in [0.2, 0.25) is 0 Å². The largest absolute Gasteiger partial charge is 0.495 e. The summed E-state index contributed by atoms with van der Waals surface area (Å²) in [4.78, 5) is 20.2. The van der Waals surface area contributed by atoms with Gasteiger partial charge in [-0.25, -0.2) is 14.4 Å². The second-order valence-electron chi connectivity index (χ2n) is 5.37. The van der Waals surface area contributed by atoms with Gasteiger partial charge in [0.05, 0.1) is 18.4 Å². The van der Waals surface area contributed by atoms with E-state index in [4.69, 9.17) is 10.5 Å². The molecule has 9 heteroatoms. The van der Waals surface area contributed by atoms with Gasteiger partial charge in [-0.2, -0.15) is 0 Å². The van der Waals surface area contributed by atoms with Gasteiger partial charge in [-0.3, -0.25) is 15.6 Å². The van der Waals surface area contributed by atoms with E-state index in [-0.39, 0.29) is 17.1 Å². The van der Waals surface area contributed by atoms with E-state index < -0.39 is 11.7 Å². The normalized spacial score (nSPS) is 10.1. The summed E-state index contributed by atoms with van der Waals surface area (Å²) in [5, 5.41) is 3.05. The second kappa shape index (κ2) is 8.00. The van der Waals surface area contributed by atoms with E-state index >= 15 is 0 Å². The van der Waals surface area contributed by atoms with E-state index in [1.807, 2.05) is 12.1 Å². The lowest BCUT2D eigenvalue weighted by molar-refractivity contribution is 0.0958. The van der Waals surface area contributed by atoms with Crippen LogP contribution in [0.5, 0.6) is 5.75 Å². The fourth-order valence-corrected chi connectivity index (χ4v) is 2.30. The lowest BCUT2D eigenvalue weighted by Gasteiger charge is -2.14. The molecule has 0 atom stereocenters. The number of carbonyl (C=O) groups is 1. The molecule has 3 rings (SSSR count). The minimum Gasteiger partial charge on any atom is -0.495 e. The number of nitrogens with zero attached hydrogens (tertiary/aromatic N) is 2. The number of benzene rings is 2. The van der Waals surface area contributed by atoms with Gasteiger partial charge < -0.3 is 15.8 Å². The van der Waals surface area contributed by atoms with E-state index in [1.54, 1.807) is 25.3 Å². The average Bonchev–Trinajstić information content (AvgIpc) is 2.69. The summed E-state index contributed by atoms with van der Waals surface area (Å²) in [6.45, 7) is 0. The zero-order valence-electron chi connectivity index (χ0n) is 14.4. The Morgan fingerprint density at radius 3 is 2.56 bits per heavy atom. The van der Waals surface area contributed by atoms with Gasteiger partial charge in [0.15, 0.2) is 11.6 Å². The van der Waals surface area contributed by atoms with Crippen LogP contribution in [0, 0.1) is 5.82 Å². The molecule has 1 amide bonds. The highest BCUT2D eigenvalue weighted by Crippen LogP contribution is 2.30. The van der Waals surface area contributed by atoms with E-state index in [0.29, 0.717) is 17.3 Å². The number of hydrogen-bond acceptors (Lipinski definition) is 7.